The monoisotopic (exact) mass is 384 g/mol. The average molecular weight is 385 g/mol. The second-order valence-electron chi connectivity index (χ2n) is 8.85. The molecule has 0 N–H and O–H groups in total. The molecule has 2 aliphatic heterocycles. The molecule has 4 rings (SSSR count). The van der Waals surface area contributed by atoms with Crippen LogP contribution in [0.1, 0.15) is 55.8 Å². The Balaban J connectivity index is 1.21. The number of piperidine rings is 2. The summed E-state index contributed by atoms with van der Waals surface area (Å²) in [5, 5.41) is 0. The van der Waals surface area contributed by atoms with Gasteiger partial charge in [0.2, 0.25) is 5.91 Å². The summed E-state index contributed by atoms with van der Waals surface area (Å²) in [6.07, 6.45) is 6.38. The Morgan fingerprint density at radius 3 is 2.11 bits per heavy atom. The van der Waals surface area contributed by atoms with E-state index in [9.17, 15) is 9.59 Å². The molecule has 0 unspecified atom stereocenters. The van der Waals surface area contributed by atoms with E-state index in [1.165, 1.54) is 0 Å². The van der Waals surface area contributed by atoms with Crippen LogP contribution in [0, 0.1) is 17.8 Å². The van der Waals surface area contributed by atoms with Crippen molar-refractivity contribution in [3.05, 3.63) is 29.8 Å². The van der Waals surface area contributed by atoms with Crippen LogP contribution in [0.2, 0.25) is 0 Å². The Morgan fingerprint density at radius 2 is 1.50 bits per heavy atom. The Hall–Kier alpha value is -2.04. The summed E-state index contributed by atoms with van der Waals surface area (Å²) >= 11 is 0. The van der Waals surface area contributed by atoms with Crippen LogP contribution in [0.15, 0.2) is 24.3 Å². The predicted molar refractivity (Wildman–Crippen MR) is 108 cm³/mol. The Morgan fingerprint density at radius 1 is 0.893 bits per heavy atom. The third kappa shape index (κ3) is 4.68. The van der Waals surface area contributed by atoms with Crippen molar-refractivity contribution in [3.8, 4) is 5.75 Å². The van der Waals surface area contributed by atoms with Gasteiger partial charge in [0.1, 0.15) is 5.75 Å². The van der Waals surface area contributed by atoms with Gasteiger partial charge in [0.15, 0.2) is 0 Å². The minimum absolute atomic E-state index is 0.131. The summed E-state index contributed by atoms with van der Waals surface area (Å²) in [6, 6.07) is 7.58. The third-order valence-electron chi connectivity index (χ3n) is 6.51. The lowest BCUT2D eigenvalue weighted by Gasteiger charge is -2.32. The van der Waals surface area contributed by atoms with Gasteiger partial charge in [0.25, 0.3) is 5.91 Å². The van der Waals surface area contributed by atoms with Crippen molar-refractivity contribution >= 4 is 11.8 Å². The molecule has 1 aromatic rings. The Labute approximate surface area is 168 Å². The summed E-state index contributed by atoms with van der Waals surface area (Å²) < 4.78 is 5.97. The highest BCUT2D eigenvalue weighted by molar-refractivity contribution is 5.94. The molecule has 0 aromatic heterocycles. The Kier molecular flexibility index (Phi) is 5.88. The highest BCUT2D eigenvalue weighted by atomic mass is 16.5. The predicted octanol–water partition coefficient (Wildman–Crippen LogP) is 3.59. The molecule has 28 heavy (non-hydrogen) atoms. The van der Waals surface area contributed by atoms with E-state index < -0.39 is 0 Å². The second-order valence-corrected chi connectivity index (χ2v) is 8.85. The van der Waals surface area contributed by atoms with Gasteiger partial charge in [0, 0.05) is 37.7 Å². The molecule has 0 spiro atoms. The van der Waals surface area contributed by atoms with Crippen molar-refractivity contribution in [2.45, 2.75) is 45.4 Å². The molecule has 152 valence electrons. The first-order valence-electron chi connectivity index (χ1n) is 10.9. The lowest BCUT2D eigenvalue weighted by atomic mass is 9.97. The zero-order valence-electron chi connectivity index (χ0n) is 16.9. The van der Waals surface area contributed by atoms with E-state index in [4.69, 9.17) is 4.74 Å². The summed E-state index contributed by atoms with van der Waals surface area (Å²) in [6.45, 7) is 6.39. The molecule has 2 amide bonds. The van der Waals surface area contributed by atoms with Crippen LogP contribution in [-0.2, 0) is 4.79 Å². The zero-order valence-corrected chi connectivity index (χ0v) is 16.9. The summed E-state index contributed by atoms with van der Waals surface area (Å²) in [7, 11) is 0. The average Bonchev–Trinajstić information content (AvgIpc) is 3.58. The van der Waals surface area contributed by atoms with Crippen molar-refractivity contribution in [3.63, 3.8) is 0 Å². The molecule has 0 atom stereocenters. The first-order chi connectivity index (χ1) is 13.6. The quantitative estimate of drug-likeness (QED) is 0.780. The number of hydrogen-bond acceptors (Lipinski definition) is 3. The van der Waals surface area contributed by atoms with E-state index in [0.29, 0.717) is 24.3 Å². The molecular weight excluding hydrogens is 352 g/mol. The van der Waals surface area contributed by atoms with Gasteiger partial charge >= 0.3 is 0 Å². The zero-order chi connectivity index (χ0) is 19.5. The van der Waals surface area contributed by atoms with Crippen LogP contribution >= 0.6 is 0 Å². The summed E-state index contributed by atoms with van der Waals surface area (Å²) in [5.41, 5.74) is 0.744. The maximum Gasteiger partial charge on any atom is 0.253 e. The number of nitrogens with zero attached hydrogens (tertiary/aromatic N) is 2. The first kappa shape index (κ1) is 19.3. The van der Waals surface area contributed by atoms with Gasteiger partial charge in [-0.3, -0.25) is 9.59 Å². The smallest absolute Gasteiger partial charge is 0.253 e. The molecule has 2 heterocycles. The van der Waals surface area contributed by atoms with Crippen LogP contribution in [0.4, 0.5) is 0 Å². The number of hydrogen-bond donors (Lipinski definition) is 0. The highest BCUT2D eigenvalue weighted by Gasteiger charge is 2.34. The number of amides is 2. The number of carbonyl (C=O) groups excluding carboxylic acids is 2. The van der Waals surface area contributed by atoms with E-state index in [0.717, 1.165) is 81.9 Å². The third-order valence-corrected chi connectivity index (χ3v) is 6.51. The fourth-order valence-corrected chi connectivity index (χ4v) is 4.21. The number of benzene rings is 1. The molecule has 2 saturated heterocycles. The Bertz CT molecular complexity index is 682. The van der Waals surface area contributed by atoms with Gasteiger partial charge in [-0.15, -0.1) is 0 Å². The maximum absolute atomic E-state index is 12.6. The van der Waals surface area contributed by atoms with E-state index in [1.54, 1.807) is 0 Å². The minimum atomic E-state index is 0.131. The topological polar surface area (TPSA) is 49.9 Å². The van der Waals surface area contributed by atoms with Crippen molar-refractivity contribution in [1.82, 2.24) is 9.80 Å². The standard InChI is InChI=1S/C23H32N2O3/c1-17-8-12-24(13-9-17)23(27)20-4-6-21(7-5-20)28-16-18-10-14-25(15-11-18)22(26)19-2-3-19/h4-7,17-19H,2-3,8-16H2,1H3. The highest BCUT2D eigenvalue weighted by Crippen LogP contribution is 2.32. The van der Waals surface area contributed by atoms with E-state index in [1.807, 2.05) is 34.1 Å². The molecule has 1 aromatic carbocycles. The number of rotatable bonds is 5. The molecule has 3 fully saturated rings. The molecule has 3 aliphatic rings. The van der Waals surface area contributed by atoms with Crippen molar-refractivity contribution in [1.29, 1.82) is 0 Å². The summed E-state index contributed by atoms with van der Waals surface area (Å²) in [5.74, 6) is 2.86. The maximum atomic E-state index is 12.6. The van der Waals surface area contributed by atoms with E-state index in [-0.39, 0.29) is 5.91 Å². The van der Waals surface area contributed by atoms with Crippen LogP contribution in [0.25, 0.3) is 0 Å². The number of likely N-dealkylation sites (tertiary alicyclic amines) is 2. The van der Waals surface area contributed by atoms with Gasteiger partial charge in [-0.25, -0.2) is 0 Å². The molecule has 5 heteroatoms. The van der Waals surface area contributed by atoms with Crippen LogP contribution in [0.5, 0.6) is 5.75 Å². The fraction of sp³-hybridized carbons (Fsp3) is 0.652. The van der Waals surface area contributed by atoms with Crippen LogP contribution in [0.3, 0.4) is 0 Å². The van der Waals surface area contributed by atoms with Crippen molar-refractivity contribution in [2.75, 3.05) is 32.8 Å². The van der Waals surface area contributed by atoms with Crippen LogP contribution in [-0.4, -0.2) is 54.4 Å². The van der Waals surface area contributed by atoms with Gasteiger partial charge in [-0.05, 0) is 74.6 Å². The van der Waals surface area contributed by atoms with E-state index in [2.05, 4.69) is 6.92 Å². The van der Waals surface area contributed by atoms with Gasteiger partial charge < -0.3 is 14.5 Å². The number of carbonyl (C=O) groups is 2. The molecule has 1 aliphatic carbocycles. The van der Waals surface area contributed by atoms with Gasteiger partial charge in [-0.1, -0.05) is 6.92 Å². The van der Waals surface area contributed by atoms with Crippen molar-refractivity contribution < 1.29 is 14.3 Å². The molecule has 0 bridgehead atoms. The van der Waals surface area contributed by atoms with Crippen LogP contribution < -0.4 is 4.74 Å². The fourth-order valence-electron chi connectivity index (χ4n) is 4.21. The second kappa shape index (κ2) is 8.54. The first-order valence-corrected chi connectivity index (χ1v) is 10.9. The minimum Gasteiger partial charge on any atom is -0.493 e. The van der Waals surface area contributed by atoms with E-state index >= 15 is 0 Å². The normalized spacial score (nSPS) is 21.6. The lowest BCUT2D eigenvalue weighted by molar-refractivity contribution is -0.134. The lowest BCUT2D eigenvalue weighted by Crippen LogP contribution is -2.40. The summed E-state index contributed by atoms with van der Waals surface area (Å²) in [4.78, 5) is 28.7. The molecule has 5 nitrogen and oxygen atoms in total. The molecule has 0 radical (unpaired) electrons. The SMILES string of the molecule is CC1CCN(C(=O)c2ccc(OCC3CCN(C(=O)C4CC4)CC3)cc2)CC1. The largest absolute Gasteiger partial charge is 0.493 e. The number of ether oxygens (including phenoxy) is 1. The van der Waals surface area contributed by atoms with Gasteiger partial charge in [-0.2, -0.15) is 0 Å². The van der Waals surface area contributed by atoms with Gasteiger partial charge in [0.05, 0.1) is 6.61 Å². The molecule has 1 saturated carbocycles. The molecular formula is C23H32N2O3. The van der Waals surface area contributed by atoms with Crippen molar-refractivity contribution in [2.24, 2.45) is 17.8 Å².